The van der Waals surface area contributed by atoms with E-state index in [9.17, 15) is 19.5 Å². The van der Waals surface area contributed by atoms with Gasteiger partial charge in [0.2, 0.25) is 0 Å². The lowest BCUT2D eigenvalue weighted by Gasteiger charge is -2.34. The van der Waals surface area contributed by atoms with Crippen molar-refractivity contribution in [3.63, 3.8) is 0 Å². The number of benzene rings is 3. The van der Waals surface area contributed by atoms with Gasteiger partial charge in [-0.15, -0.1) is 5.06 Å². The van der Waals surface area contributed by atoms with Crippen molar-refractivity contribution >= 4 is 17.8 Å². The predicted octanol–water partition coefficient (Wildman–Crippen LogP) is 3.69. The molecule has 3 aromatic carbocycles. The lowest BCUT2D eigenvalue weighted by atomic mass is 9.80. The summed E-state index contributed by atoms with van der Waals surface area (Å²) < 4.78 is 0. The van der Waals surface area contributed by atoms with Crippen LogP contribution in [0.15, 0.2) is 84.9 Å². The Morgan fingerprint density at radius 1 is 0.742 bits per heavy atom. The smallest absolute Gasteiger partial charge is 0.335 e. The maximum Gasteiger partial charge on any atom is 0.335 e. The summed E-state index contributed by atoms with van der Waals surface area (Å²) in [6.45, 7) is 0. The lowest BCUT2D eigenvalue weighted by molar-refractivity contribution is -0.429. The molecule has 4 rings (SSSR count). The summed E-state index contributed by atoms with van der Waals surface area (Å²) in [4.78, 5) is 46.8. The number of nitrogens with zero attached hydrogens (tertiary/aromatic N) is 1. The first-order valence-electron chi connectivity index (χ1n) is 9.69. The van der Waals surface area contributed by atoms with Crippen molar-refractivity contribution < 1.29 is 29.4 Å². The zero-order valence-corrected chi connectivity index (χ0v) is 16.4. The molecule has 7 nitrogen and oxygen atoms in total. The van der Waals surface area contributed by atoms with Gasteiger partial charge >= 0.3 is 5.97 Å². The predicted molar refractivity (Wildman–Crippen MR) is 109 cm³/mol. The fourth-order valence-corrected chi connectivity index (χ4v) is 3.57. The number of aromatic carboxylic acids is 1. The Labute approximate surface area is 178 Å². The van der Waals surface area contributed by atoms with Gasteiger partial charge in [0.25, 0.3) is 11.8 Å². The molecule has 1 saturated heterocycles. The molecule has 3 aromatic rings. The molecule has 0 unspecified atom stereocenters. The number of imide groups is 1. The highest BCUT2D eigenvalue weighted by atomic mass is 17.3. The Balaban J connectivity index is 1.87. The first-order chi connectivity index (χ1) is 15.0. The van der Waals surface area contributed by atoms with E-state index in [0.717, 1.165) is 0 Å². The molecule has 0 saturated carbocycles. The van der Waals surface area contributed by atoms with Crippen LogP contribution in [0.3, 0.4) is 0 Å². The highest BCUT2D eigenvalue weighted by Gasteiger charge is 2.42. The molecule has 0 aromatic heterocycles. The van der Waals surface area contributed by atoms with Crippen LogP contribution in [0.4, 0.5) is 0 Å². The number of carbonyl (C=O) groups is 3. The van der Waals surface area contributed by atoms with Gasteiger partial charge in [-0.1, -0.05) is 77.8 Å². The van der Waals surface area contributed by atoms with E-state index in [-0.39, 0.29) is 18.4 Å². The minimum absolute atomic E-state index is 0.0547. The summed E-state index contributed by atoms with van der Waals surface area (Å²) >= 11 is 0. The number of rotatable bonds is 7. The second-order valence-corrected chi connectivity index (χ2v) is 7.04. The highest BCUT2D eigenvalue weighted by Crippen LogP contribution is 2.41. The molecule has 31 heavy (non-hydrogen) atoms. The zero-order chi connectivity index (χ0) is 21.8. The number of carbonyl (C=O) groups excluding carboxylic acids is 2. The molecule has 1 fully saturated rings. The molecule has 0 aliphatic carbocycles. The fraction of sp³-hybridized carbons (Fsp3) is 0.125. The highest BCUT2D eigenvalue weighted by molar-refractivity contribution is 6.00. The second-order valence-electron chi connectivity index (χ2n) is 7.04. The minimum Gasteiger partial charge on any atom is -0.478 e. The van der Waals surface area contributed by atoms with Gasteiger partial charge in [-0.25, -0.2) is 4.79 Å². The standard InChI is InChI=1S/C24H19NO6/c26-21-15-16-22(27)25(21)31-30-24(18-7-3-1-4-8-18,19-9-5-2-6-10-19)20-13-11-17(12-14-20)23(28)29/h1-14H,15-16H2,(H,28,29). The van der Waals surface area contributed by atoms with Crippen LogP contribution in [0.1, 0.15) is 39.9 Å². The number of hydroxylamine groups is 2. The van der Waals surface area contributed by atoms with Crippen molar-refractivity contribution in [1.82, 2.24) is 5.06 Å². The van der Waals surface area contributed by atoms with Crippen LogP contribution in [-0.4, -0.2) is 28.0 Å². The Bertz CT molecular complexity index is 1040. The summed E-state index contributed by atoms with van der Waals surface area (Å²) in [5.41, 5.74) is 0.647. The lowest BCUT2D eigenvalue weighted by Crippen LogP contribution is -2.38. The van der Waals surface area contributed by atoms with Crippen LogP contribution < -0.4 is 0 Å². The number of amides is 2. The van der Waals surface area contributed by atoms with Crippen molar-refractivity contribution in [1.29, 1.82) is 0 Å². The molecule has 2 amide bonds. The zero-order valence-electron chi connectivity index (χ0n) is 16.4. The third kappa shape index (κ3) is 3.84. The van der Waals surface area contributed by atoms with Gasteiger partial charge in [-0.2, -0.15) is 4.89 Å². The first-order valence-corrected chi connectivity index (χ1v) is 9.69. The van der Waals surface area contributed by atoms with Crippen molar-refractivity contribution in [2.45, 2.75) is 18.4 Å². The van der Waals surface area contributed by atoms with E-state index in [1.54, 1.807) is 12.1 Å². The molecular weight excluding hydrogens is 398 g/mol. The number of hydrogen-bond acceptors (Lipinski definition) is 5. The Kier molecular flexibility index (Phi) is 5.62. The minimum atomic E-state index is -1.37. The third-order valence-corrected chi connectivity index (χ3v) is 5.14. The van der Waals surface area contributed by atoms with Gasteiger partial charge < -0.3 is 5.11 Å². The summed E-state index contributed by atoms with van der Waals surface area (Å²) in [5, 5.41) is 9.91. The maximum atomic E-state index is 12.1. The Hall–Kier alpha value is -3.81. The molecule has 0 radical (unpaired) electrons. The second kappa shape index (κ2) is 8.51. The molecule has 0 spiro atoms. The summed E-state index contributed by atoms with van der Waals surface area (Å²) in [7, 11) is 0. The van der Waals surface area contributed by atoms with E-state index in [4.69, 9.17) is 9.88 Å². The van der Waals surface area contributed by atoms with Crippen LogP contribution in [0.5, 0.6) is 0 Å². The van der Waals surface area contributed by atoms with E-state index < -0.39 is 23.4 Å². The summed E-state index contributed by atoms with van der Waals surface area (Å²) in [6, 6.07) is 24.5. The summed E-state index contributed by atoms with van der Waals surface area (Å²) in [5.74, 6) is -2.02. The molecule has 156 valence electrons. The van der Waals surface area contributed by atoms with Crippen LogP contribution in [0, 0.1) is 0 Å². The van der Waals surface area contributed by atoms with Gasteiger partial charge in [0.05, 0.1) is 5.56 Å². The van der Waals surface area contributed by atoms with E-state index in [2.05, 4.69) is 0 Å². The van der Waals surface area contributed by atoms with Crippen molar-refractivity contribution in [2.75, 3.05) is 0 Å². The summed E-state index contributed by atoms with van der Waals surface area (Å²) in [6.07, 6.45) is 0.109. The molecule has 0 bridgehead atoms. The van der Waals surface area contributed by atoms with Gasteiger partial charge in [0.15, 0.2) is 5.60 Å². The number of carboxylic acid groups (broad SMARTS) is 1. The van der Waals surface area contributed by atoms with Crippen molar-refractivity contribution in [3.05, 3.63) is 107 Å². The van der Waals surface area contributed by atoms with Crippen LogP contribution in [0.2, 0.25) is 0 Å². The number of hydrogen-bond donors (Lipinski definition) is 1. The van der Waals surface area contributed by atoms with Gasteiger partial charge in [0, 0.05) is 12.8 Å². The molecule has 1 aliphatic heterocycles. The Morgan fingerprint density at radius 3 is 1.65 bits per heavy atom. The van der Waals surface area contributed by atoms with Crippen molar-refractivity contribution in [2.24, 2.45) is 0 Å². The topological polar surface area (TPSA) is 93.1 Å². The normalized spacial score (nSPS) is 14.1. The molecular formula is C24H19NO6. The largest absolute Gasteiger partial charge is 0.478 e. The average molecular weight is 417 g/mol. The Morgan fingerprint density at radius 2 is 1.19 bits per heavy atom. The van der Waals surface area contributed by atoms with Gasteiger partial charge in [-0.3, -0.25) is 9.59 Å². The first kappa shape index (κ1) is 20.5. The van der Waals surface area contributed by atoms with E-state index in [1.165, 1.54) is 12.1 Å². The average Bonchev–Trinajstić information content (AvgIpc) is 3.13. The van der Waals surface area contributed by atoms with Gasteiger partial charge in [-0.05, 0) is 28.8 Å². The molecule has 1 heterocycles. The SMILES string of the molecule is O=C(O)c1ccc(C(OON2C(=O)CCC2=O)(c2ccccc2)c2ccccc2)cc1. The van der Waals surface area contributed by atoms with E-state index in [0.29, 0.717) is 21.8 Å². The van der Waals surface area contributed by atoms with Crippen LogP contribution in [-0.2, 0) is 25.1 Å². The molecule has 1 N–H and O–H groups in total. The third-order valence-electron chi connectivity index (χ3n) is 5.14. The monoisotopic (exact) mass is 417 g/mol. The van der Waals surface area contributed by atoms with E-state index in [1.807, 2.05) is 60.7 Å². The quantitative estimate of drug-likeness (QED) is 0.273. The van der Waals surface area contributed by atoms with Crippen LogP contribution in [0.25, 0.3) is 0 Å². The molecule has 0 atom stereocenters. The van der Waals surface area contributed by atoms with Gasteiger partial charge in [0.1, 0.15) is 0 Å². The van der Waals surface area contributed by atoms with Crippen molar-refractivity contribution in [3.8, 4) is 0 Å². The molecule has 7 heteroatoms. The van der Waals surface area contributed by atoms with Crippen LogP contribution >= 0.6 is 0 Å². The maximum absolute atomic E-state index is 12.1. The molecule has 1 aliphatic rings. The fourth-order valence-electron chi connectivity index (χ4n) is 3.57. The number of carboxylic acids is 1. The van der Waals surface area contributed by atoms with E-state index >= 15 is 0 Å².